The molecule has 0 bridgehead atoms. The van der Waals surface area contributed by atoms with Gasteiger partial charge in [0.2, 0.25) is 20.8 Å². The molecule has 0 aliphatic heterocycles. The van der Waals surface area contributed by atoms with Crippen molar-refractivity contribution < 1.29 is 61.5 Å². The molecule has 13 heteroatoms. The van der Waals surface area contributed by atoms with Crippen molar-refractivity contribution in [2.45, 2.75) is 13.8 Å². The summed E-state index contributed by atoms with van der Waals surface area (Å²) in [5.74, 6) is 0. The average Bonchev–Trinajstić information content (AvgIpc) is 2.10. The predicted octanol–water partition coefficient (Wildman–Crippen LogP) is -1.17. The third-order valence-electron chi connectivity index (χ3n) is 0.499. The van der Waals surface area contributed by atoms with E-state index in [2.05, 4.69) is 18.4 Å². The van der Waals surface area contributed by atoms with E-state index in [1.54, 1.807) is 0 Å². The molecule has 17 heavy (non-hydrogen) atoms. The normalized spacial score (nSPS) is 11.1. The van der Waals surface area contributed by atoms with Gasteiger partial charge in [0.15, 0.2) is 0 Å². The number of rotatable bonds is 6. The second-order valence-electron chi connectivity index (χ2n) is 1.77. The first-order valence-electron chi connectivity index (χ1n) is 3.66. The summed E-state index contributed by atoms with van der Waals surface area (Å²) in [7, 11) is -9.32. The van der Waals surface area contributed by atoms with Gasteiger partial charge in [0.05, 0.1) is 13.2 Å². The van der Waals surface area contributed by atoms with Gasteiger partial charge >= 0.3 is 17.1 Å². The molecule has 0 saturated heterocycles. The molecule has 0 N–H and O–H groups in total. The number of hydrogen-bond donors (Lipinski definition) is 0. The Morgan fingerprint density at radius 2 is 1.06 bits per heavy atom. The number of hydrogen-bond acceptors (Lipinski definition) is 10. The fraction of sp³-hybridized carbons (Fsp3) is 1.00. The topological polar surface area (TPSA) is 151 Å². The monoisotopic (exact) mass is 345 g/mol. The molecule has 0 atom stereocenters. The van der Waals surface area contributed by atoms with Crippen LogP contribution in [0.4, 0.5) is 0 Å². The minimum atomic E-state index is -4.66. The molecule has 0 unspecified atom stereocenters. The van der Waals surface area contributed by atoms with Gasteiger partial charge in [-0.3, -0.25) is 0 Å². The zero-order valence-corrected chi connectivity index (χ0v) is 11.2. The Labute approximate surface area is 109 Å². The summed E-state index contributed by atoms with van der Waals surface area (Å²) in [6, 6.07) is 0. The second kappa shape index (κ2) is 11.3. The van der Waals surface area contributed by atoms with Crippen molar-refractivity contribution in [3.05, 3.63) is 0 Å². The fourth-order valence-electron chi connectivity index (χ4n) is 0.214. The average molecular weight is 346 g/mol. The van der Waals surface area contributed by atoms with Gasteiger partial charge in [-0.1, -0.05) is 0 Å². The van der Waals surface area contributed by atoms with Gasteiger partial charge in [0.25, 0.3) is 0 Å². The molecule has 0 fully saturated rings. The Balaban J connectivity index is -0.000000218. The molecular formula is C4H10CuO10S2. The third kappa shape index (κ3) is 31.4. The third-order valence-corrected chi connectivity index (χ3v) is 1.02. The SMILES string of the molecule is CCOOS(=O)(=O)[O-].CCOOS(=O)(=O)[O-].[Cu+2]. The first-order valence-corrected chi connectivity index (χ1v) is 6.32. The van der Waals surface area contributed by atoms with Crippen LogP contribution >= 0.6 is 0 Å². The van der Waals surface area contributed by atoms with Gasteiger partial charge in [-0.2, -0.15) is 0 Å². The van der Waals surface area contributed by atoms with Crippen molar-refractivity contribution >= 4 is 20.8 Å². The van der Waals surface area contributed by atoms with Gasteiger partial charge in [0.1, 0.15) is 0 Å². The van der Waals surface area contributed by atoms with Gasteiger partial charge in [-0.05, 0) is 13.8 Å². The Hall–Kier alpha value is 0.179. The minimum Gasteiger partial charge on any atom is -0.724 e. The van der Waals surface area contributed by atoms with Gasteiger partial charge < -0.3 is 9.11 Å². The van der Waals surface area contributed by atoms with Crippen molar-refractivity contribution in [2.24, 2.45) is 0 Å². The van der Waals surface area contributed by atoms with Crippen molar-refractivity contribution in [3.63, 3.8) is 0 Å². The van der Waals surface area contributed by atoms with Crippen LogP contribution in [-0.4, -0.2) is 39.2 Å². The maximum absolute atomic E-state index is 9.49. The molecule has 0 aromatic rings. The quantitative estimate of drug-likeness (QED) is 0.189. The first-order chi connectivity index (χ1) is 7.12. The molecule has 0 heterocycles. The van der Waals surface area contributed by atoms with Crippen molar-refractivity contribution in [1.29, 1.82) is 0 Å². The minimum absolute atomic E-state index is 0. The summed E-state index contributed by atoms with van der Waals surface area (Å²) in [4.78, 5) is 7.59. The molecule has 0 aliphatic carbocycles. The molecule has 0 aliphatic rings. The smallest absolute Gasteiger partial charge is 0.724 e. The van der Waals surface area contributed by atoms with Crippen LogP contribution in [0.3, 0.4) is 0 Å². The van der Waals surface area contributed by atoms with Gasteiger partial charge in [0, 0.05) is 0 Å². The van der Waals surface area contributed by atoms with Crippen molar-refractivity contribution in [3.8, 4) is 0 Å². The zero-order valence-electron chi connectivity index (χ0n) is 8.61. The van der Waals surface area contributed by atoms with E-state index in [9.17, 15) is 25.9 Å². The summed E-state index contributed by atoms with van der Waals surface area (Å²) >= 11 is 0. The standard InChI is InChI=1S/2C2H6O5S.Cu/c2*1-2-6-7-8(3,4)5;/h2*2H2,1H3,(H,3,4,5);/q;;+2/p-2. The molecular weight excluding hydrogens is 336 g/mol. The van der Waals surface area contributed by atoms with Crippen LogP contribution < -0.4 is 0 Å². The van der Waals surface area contributed by atoms with Gasteiger partial charge in [-0.15, -0.1) is 8.67 Å². The summed E-state index contributed by atoms with van der Waals surface area (Å²) in [6.07, 6.45) is 0. The molecule has 0 amide bonds. The predicted molar refractivity (Wildman–Crippen MR) is 44.8 cm³/mol. The molecule has 10 nitrogen and oxygen atoms in total. The van der Waals surface area contributed by atoms with E-state index in [1.807, 2.05) is 0 Å². The van der Waals surface area contributed by atoms with Crippen LogP contribution in [0, 0.1) is 0 Å². The molecule has 0 spiro atoms. The maximum atomic E-state index is 9.49. The van der Waals surface area contributed by atoms with Crippen LogP contribution in [-0.2, 0) is 56.3 Å². The largest absolute Gasteiger partial charge is 2.00 e. The van der Waals surface area contributed by atoms with Crippen LogP contribution in [0.25, 0.3) is 0 Å². The summed E-state index contributed by atoms with van der Waals surface area (Å²) in [5.41, 5.74) is 0. The molecule has 0 aromatic carbocycles. The van der Waals surface area contributed by atoms with Crippen LogP contribution in [0.1, 0.15) is 13.8 Å². The van der Waals surface area contributed by atoms with E-state index >= 15 is 0 Å². The fourth-order valence-corrected chi connectivity index (χ4v) is 0.642. The van der Waals surface area contributed by atoms with Crippen LogP contribution in [0.5, 0.6) is 0 Å². The van der Waals surface area contributed by atoms with Gasteiger partial charge in [-0.25, -0.2) is 26.6 Å². The molecule has 0 aromatic heterocycles. The molecule has 1 radical (unpaired) electrons. The first kappa shape index (κ1) is 22.4. The Morgan fingerprint density at radius 1 is 0.824 bits per heavy atom. The molecule has 0 saturated carbocycles. The van der Waals surface area contributed by atoms with Crippen molar-refractivity contribution in [1.82, 2.24) is 0 Å². The van der Waals surface area contributed by atoms with E-state index in [1.165, 1.54) is 13.8 Å². The van der Waals surface area contributed by atoms with E-state index in [0.29, 0.717) is 0 Å². The Kier molecular flexibility index (Phi) is 14.8. The van der Waals surface area contributed by atoms with E-state index in [0.717, 1.165) is 0 Å². The summed E-state index contributed by atoms with van der Waals surface area (Å²) in [5, 5.41) is 0. The van der Waals surface area contributed by atoms with Crippen molar-refractivity contribution in [2.75, 3.05) is 13.2 Å². The summed E-state index contributed by atoms with van der Waals surface area (Å²) < 4.78 is 63.5. The maximum Gasteiger partial charge on any atom is 2.00 e. The Bertz CT molecular complexity index is 311. The van der Waals surface area contributed by atoms with Crippen LogP contribution in [0.2, 0.25) is 0 Å². The van der Waals surface area contributed by atoms with Crippen LogP contribution in [0.15, 0.2) is 0 Å². The van der Waals surface area contributed by atoms with E-state index < -0.39 is 20.8 Å². The molecule has 0 rings (SSSR count). The second-order valence-corrected chi connectivity index (χ2v) is 3.67. The Morgan fingerprint density at radius 3 is 1.12 bits per heavy atom. The molecule has 109 valence electrons. The summed E-state index contributed by atoms with van der Waals surface area (Å²) in [6.45, 7) is 3.04. The van der Waals surface area contributed by atoms with E-state index in [4.69, 9.17) is 0 Å². The zero-order chi connectivity index (χ0) is 13.2. The van der Waals surface area contributed by atoms with E-state index in [-0.39, 0.29) is 30.3 Å².